The van der Waals surface area contributed by atoms with Gasteiger partial charge in [-0.05, 0) is 26.3 Å². The molecule has 0 saturated heterocycles. The third-order valence-electron chi connectivity index (χ3n) is 1.81. The number of ether oxygens (including phenoxy) is 1. The maximum Gasteiger partial charge on any atom is 0.317 e. The molecule has 0 aromatic carbocycles. The van der Waals surface area contributed by atoms with Crippen LogP contribution in [-0.2, 0) is 9.53 Å². The summed E-state index contributed by atoms with van der Waals surface area (Å²) in [4.78, 5) is 10.7. The van der Waals surface area contributed by atoms with Crippen LogP contribution in [0, 0.1) is 5.92 Å². The minimum atomic E-state index is -0.120. The second kappa shape index (κ2) is 1.87. The lowest BCUT2D eigenvalue weighted by Gasteiger charge is -1.94. The summed E-state index contributed by atoms with van der Waals surface area (Å²) in [5.41, 5.74) is 1.06. The van der Waals surface area contributed by atoms with Gasteiger partial charge in [0.05, 0.1) is 5.92 Å². The number of hydrogen-bond acceptors (Lipinski definition) is 2. The second-order valence-corrected chi connectivity index (χ2v) is 2.38. The summed E-state index contributed by atoms with van der Waals surface area (Å²) < 4.78 is 4.83. The fourth-order valence-electron chi connectivity index (χ4n) is 0.801. The Balaban J connectivity index is 2.87. The van der Waals surface area contributed by atoms with Crippen LogP contribution < -0.4 is 0 Å². The largest absolute Gasteiger partial charge is 0.431 e. The number of carbonyl (C=O) groups is 1. The molecule has 50 valence electrons. The Hall–Kier alpha value is -0.790. The SMILES string of the molecule is CC1=C(C)C(C)C(=O)O1. The monoisotopic (exact) mass is 126 g/mol. The van der Waals surface area contributed by atoms with Crippen molar-refractivity contribution in [3.63, 3.8) is 0 Å². The molecule has 1 unspecified atom stereocenters. The molecule has 2 heteroatoms. The third-order valence-corrected chi connectivity index (χ3v) is 1.81. The third kappa shape index (κ3) is 0.846. The Bertz CT molecular complexity index is 179. The minimum absolute atomic E-state index is 0.0231. The fourth-order valence-corrected chi connectivity index (χ4v) is 0.801. The molecule has 0 amide bonds. The Labute approximate surface area is 54.5 Å². The van der Waals surface area contributed by atoms with E-state index in [1.807, 2.05) is 20.8 Å². The van der Waals surface area contributed by atoms with Gasteiger partial charge in [0.15, 0.2) is 0 Å². The zero-order valence-electron chi connectivity index (χ0n) is 5.89. The van der Waals surface area contributed by atoms with E-state index in [1.54, 1.807) is 0 Å². The average Bonchev–Trinajstić information content (AvgIpc) is 1.98. The molecule has 0 N–H and O–H groups in total. The van der Waals surface area contributed by atoms with Crippen molar-refractivity contribution >= 4 is 5.97 Å². The summed E-state index contributed by atoms with van der Waals surface area (Å²) in [6, 6.07) is 0. The molecule has 1 aliphatic heterocycles. The van der Waals surface area contributed by atoms with Crippen LogP contribution in [-0.4, -0.2) is 5.97 Å². The van der Waals surface area contributed by atoms with Crippen molar-refractivity contribution in [1.82, 2.24) is 0 Å². The van der Waals surface area contributed by atoms with Gasteiger partial charge in [-0.25, -0.2) is 0 Å². The zero-order chi connectivity index (χ0) is 7.02. The van der Waals surface area contributed by atoms with Crippen LogP contribution in [0.3, 0.4) is 0 Å². The van der Waals surface area contributed by atoms with Gasteiger partial charge in [0.1, 0.15) is 5.76 Å². The van der Waals surface area contributed by atoms with Crippen molar-refractivity contribution in [3.8, 4) is 0 Å². The van der Waals surface area contributed by atoms with E-state index in [2.05, 4.69) is 0 Å². The van der Waals surface area contributed by atoms with E-state index in [1.165, 1.54) is 0 Å². The number of cyclic esters (lactones) is 1. The molecule has 0 aliphatic carbocycles. The van der Waals surface area contributed by atoms with Crippen molar-refractivity contribution in [3.05, 3.63) is 11.3 Å². The van der Waals surface area contributed by atoms with Crippen molar-refractivity contribution < 1.29 is 9.53 Å². The summed E-state index contributed by atoms with van der Waals surface area (Å²) >= 11 is 0. The van der Waals surface area contributed by atoms with Gasteiger partial charge in [-0.3, -0.25) is 4.79 Å². The van der Waals surface area contributed by atoms with Gasteiger partial charge >= 0.3 is 5.97 Å². The molecule has 1 atom stereocenters. The summed E-state index contributed by atoms with van der Waals surface area (Å²) in [7, 11) is 0. The fraction of sp³-hybridized carbons (Fsp3) is 0.571. The van der Waals surface area contributed by atoms with E-state index in [0.717, 1.165) is 11.3 Å². The molecule has 0 fully saturated rings. The summed E-state index contributed by atoms with van der Waals surface area (Å²) in [5.74, 6) is 0.627. The molecule has 9 heavy (non-hydrogen) atoms. The highest BCUT2D eigenvalue weighted by atomic mass is 16.5. The first-order chi connectivity index (χ1) is 4.13. The topological polar surface area (TPSA) is 26.3 Å². The van der Waals surface area contributed by atoms with Gasteiger partial charge in [0.25, 0.3) is 0 Å². The smallest absolute Gasteiger partial charge is 0.317 e. The number of rotatable bonds is 0. The second-order valence-electron chi connectivity index (χ2n) is 2.38. The zero-order valence-corrected chi connectivity index (χ0v) is 5.89. The molecule has 0 aromatic rings. The van der Waals surface area contributed by atoms with Crippen LogP contribution in [0.4, 0.5) is 0 Å². The molecular weight excluding hydrogens is 116 g/mol. The van der Waals surface area contributed by atoms with Crippen LogP contribution >= 0.6 is 0 Å². The molecule has 0 radical (unpaired) electrons. The van der Waals surface area contributed by atoms with E-state index >= 15 is 0 Å². The number of carbonyl (C=O) groups excluding carboxylic acids is 1. The van der Waals surface area contributed by atoms with Gasteiger partial charge < -0.3 is 4.74 Å². The summed E-state index contributed by atoms with van der Waals surface area (Å²) in [6.45, 7) is 5.59. The van der Waals surface area contributed by atoms with Crippen LogP contribution in [0.25, 0.3) is 0 Å². The first kappa shape index (κ1) is 6.33. The highest BCUT2D eigenvalue weighted by Crippen LogP contribution is 2.24. The van der Waals surface area contributed by atoms with E-state index in [-0.39, 0.29) is 11.9 Å². The Morgan fingerprint density at radius 2 is 2.00 bits per heavy atom. The summed E-state index contributed by atoms with van der Waals surface area (Å²) in [6.07, 6.45) is 0. The van der Waals surface area contributed by atoms with E-state index in [0.29, 0.717) is 0 Å². The molecule has 1 rings (SSSR count). The maximum atomic E-state index is 10.7. The first-order valence-corrected chi connectivity index (χ1v) is 3.02. The van der Waals surface area contributed by atoms with E-state index in [4.69, 9.17) is 4.74 Å². The van der Waals surface area contributed by atoms with Gasteiger partial charge in [0, 0.05) is 0 Å². The molecule has 2 nitrogen and oxygen atoms in total. The molecule has 1 heterocycles. The molecule has 0 bridgehead atoms. The van der Waals surface area contributed by atoms with E-state index in [9.17, 15) is 4.79 Å². The molecular formula is C7H10O2. The number of hydrogen-bond donors (Lipinski definition) is 0. The highest BCUT2D eigenvalue weighted by molar-refractivity contribution is 5.79. The van der Waals surface area contributed by atoms with Crippen molar-refractivity contribution in [2.45, 2.75) is 20.8 Å². The molecule has 1 aliphatic rings. The van der Waals surface area contributed by atoms with Crippen LogP contribution in [0.5, 0.6) is 0 Å². The van der Waals surface area contributed by atoms with Crippen molar-refractivity contribution in [2.24, 2.45) is 5.92 Å². The van der Waals surface area contributed by atoms with Gasteiger partial charge in [-0.2, -0.15) is 0 Å². The van der Waals surface area contributed by atoms with E-state index < -0.39 is 0 Å². The quantitative estimate of drug-likeness (QED) is 0.459. The Morgan fingerprint density at radius 1 is 1.44 bits per heavy atom. The number of allylic oxidation sites excluding steroid dienone is 1. The van der Waals surface area contributed by atoms with Gasteiger partial charge in [-0.15, -0.1) is 0 Å². The predicted octanol–water partition coefficient (Wildman–Crippen LogP) is 1.47. The summed E-state index contributed by atoms with van der Waals surface area (Å²) in [5, 5.41) is 0. The first-order valence-electron chi connectivity index (χ1n) is 3.02. The normalized spacial score (nSPS) is 27.0. The predicted molar refractivity (Wildman–Crippen MR) is 33.6 cm³/mol. The van der Waals surface area contributed by atoms with Crippen LogP contribution in [0.2, 0.25) is 0 Å². The van der Waals surface area contributed by atoms with Crippen molar-refractivity contribution in [2.75, 3.05) is 0 Å². The Morgan fingerprint density at radius 3 is 2.11 bits per heavy atom. The minimum Gasteiger partial charge on any atom is -0.431 e. The molecule has 0 saturated carbocycles. The van der Waals surface area contributed by atoms with Crippen LogP contribution in [0.1, 0.15) is 20.8 Å². The number of esters is 1. The standard InChI is InChI=1S/C7H10O2/c1-4-5(2)7(8)9-6(4)3/h5H,1-3H3. The Kier molecular flexibility index (Phi) is 1.31. The average molecular weight is 126 g/mol. The molecule has 0 aromatic heterocycles. The lowest BCUT2D eigenvalue weighted by atomic mass is 10.1. The highest BCUT2D eigenvalue weighted by Gasteiger charge is 2.25. The molecule has 0 spiro atoms. The van der Waals surface area contributed by atoms with Crippen molar-refractivity contribution in [1.29, 1.82) is 0 Å². The maximum absolute atomic E-state index is 10.7. The van der Waals surface area contributed by atoms with Crippen LogP contribution in [0.15, 0.2) is 11.3 Å². The lowest BCUT2D eigenvalue weighted by molar-refractivity contribution is -0.139. The lowest BCUT2D eigenvalue weighted by Crippen LogP contribution is -2.05. The van der Waals surface area contributed by atoms with Gasteiger partial charge in [-0.1, -0.05) is 0 Å². The van der Waals surface area contributed by atoms with Gasteiger partial charge in [0.2, 0.25) is 0 Å².